The van der Waals surface area contributed by atoms with Crippen LogP contribution in [0.4, 0.5) is 11.4 Å². The molecular formula is C14H21N3O2. The Balaban J connectivity index is 2.28. The Morgan fingerprint density at radius 3 is 2.84 bits per heavy atom. The molecule has 1 aliphatic rings. The largest absolute Gasteiger partial charge is 0.362 e. The molecule has 1 aromatic carbocycles. The molecule has 0 saturated carbocycles. The fourth-order valence-electron chi connectivity index (χ4n) is 2.91. The molecule has 0 amide bonds. The van der Waals surface area contributed by atoms with Crippen LogP contribution in [0.2, 0.25) is 0 Å². The molecule has 0 aliphatic carbocycles. The highest BCUT2D eigenvalue weighted by molar-refractivity contribution is 5.63. The summed E-state index contributed by atoms with van der Waals surface area (Å²) in [7, 11) is 0. The van der Waals surface area contributed by atoms with Crippen molar-refractivity contribution in [1.29, 1.82) is 0 Å². The third-order valence-electron chi connectivity index (χ3n) is 4.06. The van der Waals surface area contributed by atoms with E-state index in [1.165, 1.54) is 0 Å². The van der Waals surface area contributed by atoms with Gasteiger partial charge in [-0.05, 0) is 24.8 Å². The number of nitro groups is 1. The van der Waals surface area contributed by atoms with E-state index >= 15 is 0 Å². The van der Waals surface area contributed by atoms with Gasteiger partial charge in [-0.1, -0.05) is 25.5 Å². The average Bonchev–Trinajstić information content (AvgIpc) is 2.46. The lowest BCUT2D eigenvalue weighted by atomic mass is 9.88. The third kappa shape index (κ3) is 2.87. The molecule has 1 aromatic rings. The Labute approximate surface area is 113 Å². The van der Waals surface area contributed by atoms with E-state index in [1.807, 2.05) is 12.1 Å². The normalized spacial score (nSPS) is 23.4. The predicted molar refractivity (Wildman–Crippen MR) is 76.3 cm³/mol. The van der Waals surface area contributed by atoms with Crippen LogP contribution in [0.15, 0.2) is 24.3 Å². The van der Waals surface area contributed by atoms with Crippen molar-refractivity contribution in [3.8, 4) is 0 Å². The number of rotatable bonds is 4. The molecule has 0 radical (unpaired) electrons. The summed E-state index contributed by atoms with van der Waals surface area (Å²) in [4.78, 5) is 12.9. The first-order valence-corrected chi connectivity index (χ1v) is 6.87. The van der Waals surface area contributed by atoms with Crippen LogP contribution in [0.25, 0.3) is 0 Å². The number of nitro benzene ring substituents is 1. The van der Waals surface area contributed by atoms with Crippen molar-refractivity contribution in [2.45, 2.75) is 32.2 Å². The number of hydrogen-bond donors (Lipinski definition) is 1. The number of hydrogen-bond acceptors (Lipinski definition) is 4. The lowest BCUT2D eigenvalue weighted by Gasteiger charge is -2.40. The van der Waals surface area contributed by atoms with E-state index in [9.17, 15) is 10.1 Å². The quantitative estimate of drug-likeness (QED) is 0.669. The van der Waals surface area contributed by atoms with Crippen LogP contribution in [0.1, 0.15) is 26.2 Å². The highest BCUT2D eigenvalue weighted by Crippen LogP contribution is 2.34. The first-order chi connectivity index (χ1) is 9.17. The van der Waals surface area contributed by atoms with Crippen LogP contribution < -0.4 is 10.6 Å². The minimum absolute atomic E-state index is 0.177. The zero-order chi connectivity index (χ0) is 13.8. The first kappa shape index (κ1) is 13.8. The van der Waals surface area contributed by atoms with E-state index in [0.717, 1.165) is 25.8 Å². The summed E-state index contributed by atoms with van der Waals surface area (Å²) in [6, 6.07) is 7.15. The molecule has 1 fully saturated rings. The average molecular weight is 263 g/mol. The predicted octanol–water partition coefficient (Wildman–Crippen LogP) is 2.55. The van der Waals surface area contributed by atoms with E-state index in [1.54, 1.807) is 12.1 Å². The van der Waals surface area contributed by atoms with E-state index in [4.69, 9.17) is 5.73 Å². The van der Waals surface area contributed by atoms with Crippen molar-refractivity contribution in [1.82, 2.24) is 0 Å². The standard InChI is InChI=1S/C14H21N3O2/c1-2-11-7-8-16(12(9-11)10-15)13-5-3-4-6-14(13)17(18)19/h3-6,11-12H,2,7-10,15H2,1H3. The monoisotopic (exact) mass is 263 g/mol. The molecule has 0 spiro atoms. The summed E-state index contributed by atoms with van der Waals surface area (Å²) in [6.45, 7) is 3.59. The second-order valence-electron chi connectivity index (χ2n) is 5.13. The SMILES string of the molecule is CCC1CCN(c2ccccc2[N+](=O)[O-])C(CN)C1. The molecule has 2 atom stereocenters. The van der Waals surface area contributed by atoms with Crippen LogP contribution in [0.5, 0.6) is 0 Å². The van der Waals surface area contributed by atoms with E-state index in [0.29, 0.717) is 18.2 Å². The highest BCUT2D eigenvalue weighted by atomic mass is 16.6. The summed E-state index contributed by atoms with van der Waals surface area (Å²) >= 11 is 0. The van der Waals surface area contributed by atoms with E-state index in [2.05, 4.69) is 11.8 Å². The number of benzene rings is 1. The van der Waals surface area contributed by atoms with Gasteiger partial charge in [-0.2, -0.15) is 0 Å². The van der Waals surface area contributed by atoms with Crippen LogP contribution >= 0.6 is 0 Å². The highest BCUT2D eigenvalue weighted by Gasteiger charge is 2.30. The van der Waals surface area contributed by atoms with Gasteiger partial charge in [0.2, 0.25) is 0 Å². The van der Waals surface area contributed by atoms with Gasteiger partial charge >= 0.3 is 0 Å². The van der Waals surface area contributed by atoms with Crippen molar-refractivity contribution in [3.63, 3.8) is 0 Å². The van der Waals surface area contributed by atoms with E-state index in [-0.39, 0.29) is 16.7 Å². The number of anilines is 1. The minimum Gasteiger partial charge on any atom is -0.362 e. The maximum Gasteiger partial charge on any atom is 0.292 e. The third-order valence-corrected chi connectivity index (χ3v) is 4.06. The molecule has 0 bridgehead atoms. The van der Waals surface area contributed by atoms with Crippen molar-refractivity contribution in [3.05, 3.63) is 34.4 Å². The molecule has 5 heteroatoms. The Morgan fingerprint density at radius 2 is 2.21 bits per heavy atom. The van der Waals surface area contributed by atoms with Crippen LogP contribution in [0.3, 0.4) is 0 Å². The lowest BCUT2D eigenvalue weighted by molar-refractivity contribution is -0.384. The van der Waals surface area contributed by atoms with Gasteiger partial charge in [-0.3, -0.25) is 10.1 Å². The molecule has 19 heavy (non-hydrogen) atoms. The van der Waals surface area contributed by atoms with Gasteiger partial charge in [0.1, 0.15) is 5.69 Å². The summed E-state index contributed by atoms with van der Waals surface area (Å²) in [6.07, 6.45) is 3.26. The fraction of sp³-hybridized carbons (Fsp3) is 0.571. The molecule has 104 valence electrons. The molecule has 0 aromatic heterocycles. The zero-order valence-electron chi connectivity index (χ0n) is 11.3. The fourth-order valence-corrected chi connectivity index (χ4v) is 2.91. The minimum atomic E-state index is -0.311. The maximum absolute atomic E-state index is 11.1. The van der Waals surface area contributed by atoms with Gasteiger partial charge in [0, 0.05) is 25.2 Å². The van der Waals surface area contributed by atoms with Gasteiger partial charge in [0.25, 0.3) is 5.69 Å². The summed E-state index contributed by atoms with van der Waals surface area (Å²) < 4.78 is 0. The lowest BCUT2D eigenvalue weighted by Crippen LogP contribution is -2.47. The second-order valence-corrected chi connectivity index (χ2v) is 5.13. The van der Waals surface area contributed by atoms with Crippen molar-refractivity contribution in [2.24, 2.45) is 11.7 Å². The second kappa shape index (κ2) is 6.02. The van der Waals surface area contributed by atoms with Crippen LogP contribution in [0, 0.1) is 16.0 Å². The Kier molecular flexibility index (Phi) is 4.37. The van der Waals surface area contributed by atoms with E-state index < -0.39 is 0 Å². The molecule has 2 N–H and O–H groups in total. The molecule has 1 saturated heterocycles. The Hall–Kier alpha value is -1.62. The van der Waals surface area contributed by atoms with Crippen LogP contribution in [-0.4, -0.2) is 24.1 Å². The van der Waals surface area contributed by atoms with Crippen molar-refractivity contribution < 1.29 is 4.92 Å². The molecule has 1 aliphatic heterocycles. The molecule has 5 nitrogen and oxygen atoms in total. The van der Waals surface area contributed by atoms with Crippen molar-refractivity contribution in [2.75, 3.05) is 18.0 Å². The van der Waals surface area contributed by atoms with Gasteiger partial charge in [0.15, 0.2) is 0 Å². The number of nitrogens with two attached hydrogens (primary N) is 1. The summed E-state index contributed by atoms with van der Waals surface area (Å²) in [5, 5.41) is 11.1. The molecule has 2 rings (SSSR count). The van der Waals surface area contributed by atoms with Gasteiger partial charge < -0.3 is 10.6 Å². The molecule has 2 unspecified atom stereocenters. The van der Waals surface area contributed by atoms with Gasteiger partial charge in [0.05, 0.1) is 4.92 Å². The van der Waals surface area contributed by atoms with Gasteiger partial charge in [-0.25, -0.2) is 0 Å². The molecule has 1 heterocycles. The molecular weight excluding hydrogens is 242 g/mol. The summed E-state index contributed by atoms with van der Waals surface area (Å²) in [5.41, 5.74) is 6.75. The smallest absolute Gasteiger partial charge is 0.292 e. The maximum atomic E-state index is 11.1. The van der Waals surface area contributed by atoms with Crippen molar-refractivity contribution >= 4 is 11.4 Å². The Bertz CT molecular complexity index is 450. The number of para-hydroxylation sites is 2. The zero-order valence-corrected chi connectivity index (χ0v) is 11.3. The van der Waals surface area contributed by atoms with Crippen LogP contribution in [-0.2, 0) is 0 Å². The Morgan fingerprint density at radius 1 is 1.47 bits per heavy atom. The van der Waals surface area contributed by atoms with Gasteiger partial charge in [-0.15, -0.1) is 0 Å². The first-order valence-electron chi connectivity index (χ1n) is 6.87. The number of piperidine rings is 1. The topological polar surface area (TPSA) is 72.4 Å². The summed E-state index contributed by atoms with van der Waals surface area (Å²) in [5.74, 6) is 0.688. The number of nitrogens with zero attached hydrogens (tertiary/aromatic N) is 2.